The molecule has 132 valence electrons. The second kappa shape index (κ2) is 7.93. The van der Waals surface area contributed by atoms with E-state index in [1.165, 1.54) is 13.2 Å². The lowest BCUT2D eigenvalue weighted by atomic mass is 10.1. The molecule has 0 atom stereocenters. The Kier molecular flexibility index (Phi) is 5.44. The Morgan fingerprint density at radius 1 is 1.23 bits per heavy atom. The first-order valence-electron chi connectivity index (χ1n) is 7.77. The minimum absolute atomic E-state index is 0.0451. The van der Waals surface area contributed by atoms with Crippen molar-refractivity contribution in [2.75, 3.05) is 25.6 Å². The summed E-state index contributed by atoms with van der Waals surface area (Å²) in [5, 5.41) is 12.1. The van der Waals surface area contributed by atoms with Crippen LogP contribution in [0, 0.1) is 11.3 Å². The number of benzene rings is 2. The molecule has 1 heterocycles. The molecule has 0 fully saturated rings. The first kappa shape index (κ1) is 17.8. The highest BCUT2D eigenvalue weighted by atomic mass is 79.9. The van der Waals surface area contributed by atoms with Crippen LogP contribution in [0.2, 0.25) is 0 Å². The Bertz CT molecular complexity index is 918. The van der Waals surface area contributed by atoms with Crippen molar-refractivity contribution in [3.8, 4) is 23.3 Å². The van der Waals surface area contributed by atoms with Gasteiger partial charge in [-0.15, -0.1) is 0 Å². The summed E-state index contributed by atoms with van der Waals surface area (Å²) in [6, 6.07) is 12.3. The average molecular weight is 415 g/mol. The SMILES string of the molecule is COc1ccc(Br)cc1/C=C(\C#N)C(=O)Nc1ccc2c(c1)OCCO2. The number of hydrogen-bond donors (Lipinski definition) is 1. The molecule has 0 saturated heterocycles. The summed E-state index contributed by atoms with van der Waals surface area (Å²) >= 11 is 3.37. The fourth-order valence-electron chi connectivity index (χ4n) is 2.44. The van der Waals surface area contributed by atoms with Gasteiger partial charge in [0.2, 0.25) is 0 Å². The minimum Gasteiger partial charge on any atom is -0.496 e. The predicted molar refractivity (Wildman–Crippen MR) is 100 cm³/mol. The van der Waals surface area contributed by atoms with Crippen molar-refractivity contribution in [1.82, 2.24) is 0 Å². The van der Waals surface area contributed by atoms with Crippen LogP contribution in [0.15, 0.2) is 46.4 Å². The Morgan fingerprint density at radius 2 is 2.00 bits per heavy atom. The Hall–Kier alpha value is -2.98. The molecule has 2 aromatic rings. The maximum Gasteiger partial charge on any atom is 0.266 e. The standard InChI is InChI=1S/C19H15BrN2O4/c1-24-16-4-2-14(20)9-12(16)8-13(11-21)19(23)22-15-3-5-17-18(10-15)26-7-6-25-17/h2-5,8-10H,6-7H2,1H3,(H,22,23)/b13-8+. The van der Waals surface area contributed by atoms with Crippen LogP contribution < -0.4 is 19.5 Å². The van der Waals surface area contributed by atoms with Gasteiger partial charge in [-0.05, 0) is 36.4 Å². The van der Waals surface area contributed by atoms with Gasteiger partial charge in [-0.3, -0.25) is 4.79 Å². The van der Waals surface area contributed by atoms with Crippen LogP contribution in [0.25, 0.3) is 6.08 Å². The quantitative estimate of drug-likeness (QED) is 0.608. The van der Waals surface area contributed by atoms with Crippen LogP contribution >= 0.6 is 15.9 Å². The van der Waals surface area contributed by atoms with E-state index in [4.69, 9.17) is 14.2 Å². The second-order valence-electron chi connectivity index (χ2n) is 5.37. The van der Waals surface area contributed by atoms with E-state index in [-0.39, 0.29) is 5.57 Å². The van der Waals surface area contributed by atoms with Gasteiger partial charge in [-0.25, -0.2) is 0 Å². The number of nitrogens with one attached hydrogen (secondary N) is 1. The largest absolute Gasteiger partial charge is 0.496 e. The van der Waals surface area contributed by atoms with Crippen molar-refractivity contribution in [3.05, 3.63) is 52.0 Å². The molecule has 0 bridgehead atoms. The van der Waals surface area contributed by atoms with Crippen LogP contribution in [0.4, 0.5) is 5.69 Å². The van der Waals surface area contributed by atoms with Gasteiger partial charge in [-0.1, -0.05) is 15.9 Å². The molecule has 26 heavy (non-hydrogen) atoms. The highest BCUT2D eigenvalue weighted by Gasteiger charge is 2.15. The fourth-order valence-corrected chi connectivity index (χ4v) is 2.82. The van der Waals surface area contributed by atoms with Crippen LogP contribution in [-0.2, 0) is 4.79 Å². The van der Waals surface area contributed by atoms with Gasteiger partial charge in [0.15, 0.2) is 11.5 Å². The maximum absolute atomic E-state index is 12.5. The van der Waals surface area contributed by atoms with Crippen molar-refractivity contribution < 1.29 is 19.0 Å². The van der Waals surface area contributed by atoms with Crippen molar-refractivity contribution >= 4 is 33.6 Å². The van der Waals surface area contributed by atoms with Crippen molar-refractivity contribution in [3.63, 3.8) is 0 Å². The number of carbonyl (C=O) groups is 1. The van der Waals surface area contributed by atoms with Gasteiger partial charge in [0, 0.05) is 21.8 Å². The molecule has 0 saturated carbocycles. The second-order valence-corrected chi connectivity index (χ2v) is 6.28. The molecule has 1 aliphatic rings. The van der Waals surface area contributed by atoms with E-state index in [1.54, 1.807) is 30.3 Å². The molecular formula is C19H15BrN2O4. The molecule has 0 aliphatic carbocycles. The third-order valence-electron chi connectivity index (χ3n) is 3.66. The molecule has 1 N–H and O–H groups in total. The highest BCUT2D eigenvalue weighted by Crippen LogP contribution is 2.33. The zero-order valence-electron chi connectivity index (χ0n) is 13.9. The van der Waals surface area contributed by atoms with Crippen LogP contribution in [0.3, 0.4) is 0 Å². The number of nitrogens with zero attached hydrogens (tertiary/aromatic N) is 1. The molecule has 0 unspecified atom stereocenters. The number of amides is 1. The van der Waals surface area contributed by atoms with E-state index in [1.807, 2.05) is 12.1 Å². The van der Waals surface area contributed by atoms with E-state index in [0.29, 0.717) is 41.7 Å². The van der Waals surface area contributed by atoms with E-state index in [2.05, 4.69) is 21.2 Å². The monoisotopic (exact) mass is 414 g/mol. The third-order valence-corrected chi connectivity index (χ3v) is 4.15. The predicted octanol–water partition coefficient (Wildman–Crippen LogP) is 3.77. The molecule has 6 nitrogen and oxygen atoms in total. The minimum atomic E-state index is -0.522. The molecule has 0 spiro atoms. The topological polar surface area (TPSA) is 80.6 Å². The number of hydrogen-bond acceptors (Lipinski definition) is 5. The number of anilines is 1. The zero-order chi connectivity index (χ0) is 18.5. The van der Waals surface area contributed by atoms with Gasteiger partial charge >= 0.3 is 0 Å². The molecule has 1 amide bonds. The number of halogens is 1. The first-order valence-corrected chi connectivity index (χ1v) is 8.56. The van der Waals surface area contributed by atoms with Crippen LogP contribution in [0.5, 0.6) is 17.2 Å². The van der Waals surface area contributed by atoms with Gasteiger partial charge < -0.3 is 19.5 Å². The van der Waals surface area contributed by atoms with Gasteiger partial charge in [0.1, 0.15) is 30.6 Å². The molecule has 3 rings (SSSR count). The lowest BCUT2D eigenvalue weighted by Crippen LogP contribution is -2.17. The summed E-state index contributed by atoms with van der Waals surface area (Å²) < 4.78 is 17.0. The summed E-state index contributed by atoms with van der Waals surface area (Å²) in [6.45, 7) is 0.949. The zero-order valence-corrected chi connectivity index (χ0v) is 15.5. The Balaban J connectivity index is 1.84. The summed E-state index contributed by atoms with van der Waals surface area (Å²) in [5.74, 6) is 1.23. The number of ether oxygens (including phenoxy) is 3. The van der Waals surface area contributed by atoms with E-state index < -0.39 is 5.91 Å². The van der Waals surface area contributed by atoms with Gasteiger partial charge in [-0.2, -0.15) is 5.26 Å². The average Bonchev–Trinajstić information content (AvgIpc) is 2.66. The molecule has 2 aromatic carbocycles. The normalized spacial score (nSPS) is 12.9. The molecular weight excluding hydrogens is 400 g/mol. The molecule has 0 radical (unpaired) electrons. The summed E-state index contributed by atoms with van der Waals surface area (Å²) in [6.07, 6.45) is 1.48. The fraction of sp³-hybridized carbons (Fsp3) is 0.158. The van der Waals surface area contributed by atoms with Crippen LogP contribution in [0.1, 0.15) is 5.56 Å². The molecule has 0 aromatic heterocycles. The van der Waals surface area contributed by atoms with E-state index >= 15 is 0 Å². The number of nitriles is 1. The lowest BCUT2D eigenvalue weighted by Gasteiger charge is -2.18. The summed E-state index contributed by atoms with van der Waals surface area (Å²) in [7, 11) is 1.53. The Morgan fingerprint density at radius 3 is 2.73 bits per heavy atom. The third kappa shape index (κ3) is 3.98. The number of methoxy groups -OCH3 is 1. The smallest absolute Gasteiger partial charge is 0.266 e. The van der Waals surface area contributed by atoms with Gasteiger partial charge in [0.05, 0.1) is 7.11 Å². The summed E-state index contributed by atoms with van der Waals surface area (Å²) in [4.78, 5) is 12.5. The van der Waals surface area contributed by atoms with Crippen molar-refractivity contribution in [1.29, 1.82) is 5.26 Å². The van der Waals surface area contributed by atoms with E-state index in [9.17, 15) is 10.1 Å². The number of rotatable bonds is 4. The lowest BCUT2D eigenvalue weighted by molar-refractivity contribution is -0.112. The summed E-state index contributed by atoms with van der Waals surface area (Å²) in [5.41, 5.74) is 1.09. The first-order chi connectivity index (χ1) is 12.6. The molecule has 7 heteroatoms. The number of carbonyl (C=O) groups excluding carboxylic acids is 1. The van der Waals surface area contributed by atoms with Crippen molar-refractivity contribution in [2.45, 2.75) is 0 Å². The maximum atomic E-state index is 12.5. The number of fused-ring (bicyclic) bond motifs is 1. The molecule has 1 aliphatic heterocycles. The van der Waals surface area contributed by atoms with E-state index in [0.717, 1.165) is 4.47 Å². The highest BCUT2D eigenvalue weighted by molar-refractivity contribution is 9.10. The van der Waals surface area contributed by atoms with Crippen LogP contribution in [-0.4, -0.2) is 26.2 Å². The Labute approximate surface area is 159 Å². The van der Waals surface area contributed by atoms with Gasteiger partial charge in [0.25, 0.3) is 5.91 Å². The van der Waals surface area contributed by atoms with Crippen molar-refractivity contribution in [2.24, 2.45) is 0 Å².